The van der Waals surface area contributed by atoms with Crippen LogP contribution in [0, 0.1) is 0 Å². The van der Waals surface area contributed by atoms with Gasteiger partial charge in [-0.1, -0.05) is 12.1 Å². The monoisotopic (exact) mass is 338 g/mol. The quantitative estimate of drug-likeness (QED) is 0.480. The third kappa shape index (κ3) is 4.77. The number of hydrogen-bond donors (Lipinski definition) is 2. The summed E-state index contributed by atoms with van der Waals surface area (Å²) in [7, 11) is 1.83. The number of nitrogens with two attached hydrogens (primary N) is 1. The van der Waals surface area contributed by atoms with Gasteiger partial charge in [0, 0.05) is 13.1 Å². The molecule has 1 atom stereocenters. The van der Waals surface area contributed by atoms with E-state index in [1.165, 1.54) is 0 Å². The van der Waals surface area contributed by atoms with Crippen LogP contribution in [0.4, 0.5) is 0 Å². The molecule has 0 aromatic carbocycles. The Bertz CT molecular complexity index is 334. The van der Waals surface area contributed by atoms with E-state index in [2.05, 4.69) is 34.5 Å². The van der Waals surface area contributed by atoms with E-state index in [1.54, 1.807) is 10.9 Å². The molecule has 0 aliphatic heterocycles. The Morgan fingerprint density at radius 1 is 1.69 bits per heavy atom. The fraction of sp³-hybridized carbons (Fsp3) is 0.667. The highest BCUT2D eigenvalue weighted by Gasteiger charge is 2.01. The fourth-order valence-electron chi connectivity index (χ4n) is 1.02. The van der Waals surface area contributed by atoms with Gasteiger partial charge >= 0.3 is 0 Å². The smallest absolute Gasteiger partial charge is 0.189 e. The van der Waals surface area contributed by atoms with Crippen molar-refractivity contribution in [2.75, 3.05) is 0 Å². The van der Waals surface area contributed by atoms with Crippen LogP contribution < -0.4 is 11.1 Å². The molecular weight excluding hydrogens is 319 g/mol. The standard InChI is InChI=1S/C9H18N6.HI/c1-4-7(2)13-9(10)11-5-8-6-12-14-15(8)3;/h6-7H,4-5H2,1-3H3,(H3,10,11,13);1H. The zero-order chi connectivity index (χ0) is 11.3. The number of guanidine groups is 1. The van der Waals surface area contributed by atoms with Crippen LogP contribution in [-0.4, -0.2) is 27.0 Å². The number of halogens is 1. The molecule has 1 aromatic heterocycles. The summed E-state index contributed by atoms with van der Waals surface area (Å²) in [6.07, 6.45) is 2.70. The van der Waals surface area contributed by atoms with Crippen molar-refractivity contribution in [2.24, 2.45) is 17.8 Å². The lowest BCUT2D eigenvalue weighted by atomic mass is 10.3. The molecule has 0 radical (unpaired) electrons. The summed E-state index contributed by atoms with van der Waals surface area (Å²) in [6, 6.07) is 0.346. The van der Waals surface area contributed by atoms with Crippen LogP contribution in [0.2, 0.25) is 0 Å². The Balaban J connectivity index is 0.00000225. The summed E-state index contributed by atoms with van der Waals surface area (Å²) in [5, 5.41) is 10.7. The van der Waals surface area contributed by atoms with Crippen LogP contribution in [0.25, 0.3) is 0 Å². The van der Waals surface area contributed by atoms with Crippen LogP contribution in [0.3, 0.4) is 0 Å². The van der Waals surface area contributed by atoms with E-state index in [0.717, 1.165) is 12.1 Å². The average molecular weight is 338 g/mol. The molecule has 7 heteroatoms. The lowest BCUT2D eigenvalue weighted by Crippen LogP contribution is -2.38. The predicted molar refractivity (Wildman–Crippen MR) is 74.6 cm³/mol. The molecule has 1 heterocycles. The second kappa shape index (κ2) is 7.42. The Kier molecular flexibility index (Phi) is 7.02. The SMILES string of the molecule is CCC(C)NC(N)=NCc1cnnn1C.I. The van der Waals surface area contributed by atoms with Crippen LogP contribution in [-0.2, 0) is 13.6 Å². The summed E-state index contributed by atoms with van der Waals surface area (Å²) in [5.41, 5.74) is 6.64. The lowest BCUT2D eigenvalue weighted by molar-refractivity contribution is 0.634. The second-order valence-corrected chi connectivity index (χ2v) is 3.50. The molecule has 0 bridgehead atoms. The van der Waals surface area contributed by atoms with E-state index in [9.17, 15) is 0 Å². The highest BCUT2D eigenvalue weighted by atomic mass is 127. The van der Waals surface area contributed by atoms with Gasteiger partial charge in [0.15, 0.2) is 5.96 Å². The molecule has 0 fully saturated rings. The van der Waals surface area contributed by atoms with Crippen molar-refractivity contribution in [3.8, 4) is 0 Å². The fourth-order valence-corrected chi connectivity index (χ4v) is 1.02. The molecule has 1 unspecified atom stereocenters. The first kappa shape index (κ1) is 15.1. The van der Waals surface area contributed by atoms with Gasteiger partial charge in [0.1, 0.15) is 0 Å². The zero-order valence-electron chi connectivity index (χ0n) is 9.84. The minimum absolute atomic E-state index is 0. The molecule has 0 saturated heterocycles. The third-order valence-corrected chi connectivity index (χ3v) is 2.23. The van der Waals surface area contributed by atoms with E-state index in [1.807, 2.05) is 7.05 Å². The first-order chi connectivity index (χ1) is 7.13. The Morgan fingerprint density at radius 2 is 2.38 bits per heavy atom. The van der Waals surface area contributed by atoms with Gasteiger partial charge in [0.05, 0.1) is 18.4 Å². The molecular formula is C9H19IN6. The number of rotatable bonds is 4. The number of aliphatic imine (C=N–C) groups is 1. The van der Waals surface area contributed by atoms with Crippen molar-refractivity contribution in [1.82, 2.24) is 20.3 Å². The highest BCUT2D eigenvalue weighted by molar-refractivity contribution is 14.0. The third-order valence-electron chi connectivity index (χ3n) is 2.23. The van der Waals surface area contributed by atoms with E-state index >= 15 is 0 Å². The molecule has 0 amide bonds. The van der Waals surface area contributed by atoms with Gasteiger partial charge < -0.3 is 11.1 Å². The number of aryl methyl sites for hydroxylation is 1. The van der Waals surface area contributed by atoms with Crippen molar-refractivity contribution in [3.05, 3.63) is 11.9 Å². The number of nitrogens with one attached hydrogen (secondary N) is 1. The van der Waals surface area contributed by atoms with Gasteiger partial charge in [-0.25, -0.2) is 4.99 Å². The maximum Gasteiger partial charge on any atom is 0.189 e. The van der Waals surface area contributed by atoms with E-state index in [0.29, 0.717) is 18.5 Å². The first-order valence-corrected chi connectivity index (χ1v) is 5.03. The summed E-state index contributed by atoms with van der Waals surface area (Å²) in [4.78, 5) is 4.20. The summed E-state index contributed by atoms with van der Waals surface area (Å²) in [5.74, 6) is 0.463. The van der Waals surface area contributed by atoms with Gasteiger partial charge in [0.2, 0.25) is 0 Å². The Hall–Kier alpha value is -0.860. The summed E-state index contributed by atoms with van der Waals surface area (Å²) < 4.78 is 1.68. The zero-order valence-corrected chi connectivity index (χ0v) is 12.2. The minimum Gasteiger partial charge on any atom is -0.370 e. The molecule has 0 aliphatic rings. The molecule has 1 aromatic rings. The second-order valence-electron chi connectivity index (χ2n) is 3.50. The molecule has 92 valence electrons. The molecule has 0 saturated carbocycles. The van der Waals surface area contributed by atoms with Crippen molar-refractivity contribution in [1.29, 1.82) is 0 Å². The Labute approximate surface area is 113 Å². The molecule has 6 nitrogen and oxygen atoms in total. The first-order valence-electron chi connectivity index (χ1n) is 5.03. The van der Waals surface area contributed by atoms with Crippen LogP contribution in [0.15, 0.2) is 11.2 Å². The average Bonchev–Trinajstić information content (AvgIpc) is 2.61. The van der Waals surface area contributed by atoms with Gasteiger partial charge in [-0.05, 0) is 13.3 Å². The van der Waals surface area contributed by atoms with Crippen LogP contribution >= 0.6 is 24.0 Å². The maximum atomic E-state index is 5.71. The van der Waals surface area contributed by atoms with Crippen LogP contribution in [0.1, 0.15) is 26.0 Å². The van der Waals surface area contributed by atoms with E-state index < -0.39 is 0 Å². The largest absolute Gasteiger partial charge is 0.370 e. The minimum atomic E-state index is 0. The number of nitrogens with zero attached hydrogens (tertiary/aromatic N) is 4. The van der Waals surface area contributed by atoms with Crippen molar-refractivity contribution < 1.29 is 0 Å². The van der Waals surface area contributed by atoms with Gasteiger partial charge in [-0.2, -0.15) is 0 Å². The van der Waals surface area contributed by atoms with E-state index in [4.69, 9.17) is 5.73 Å². The van der Waals surface area contributed by atoms with Gasteiger partial charge in [-0.3, -0.25) is 4.68 Å². The van der Waals surface area contributed by atoms with Gasteiger partial charge in [-0.15, -0.1) is 29.1 Å². The van der Waals surface area contributed by atoms with Gasteiger partial charge in [0.25, 0.3) is 0 Å². The summed E-state index contributed by atoms with van der Waals surface area (Å²) >= 11 is 0. The highest BCUT2D eigenvalue weighted by Crippen LogP contribution is 1.95. The summed E-state index contributed by atoms with van der Waals surface area (Å²) in [6.45, 7) is 4.66. The molecule has 16 heavy (non-hydrogen) atoms. The molecule has 3 N–H and O–H groups in total. The lowest BCUT2D eigenvalue weighted by Gasteiger charge is -2.11. The Morgan fingerprint density at radius 3 is 2.88 bits per heavy atom. The number of aromatic nitrogens is 3. The van der Waals surface area contributed by atoms with Crippen molar-refractivity contribution in [2.45, 2.75) is 32.9 Å². The van der Waals surface area contributed by atoms with Crippen LogP contribution in [0.5, 0.6) is 0 Å². The predicted octanol–water partition coefficient (Wildman–Crippen LogP) is 0.636. The maximum absolute atomic E-state index is 5.71. The van der Waals surface area contributed by atoms with Crippen molar-refractivity contribution >= 4 is 29.9 Å². The molecule has 1 rings (SSSR count). The molecule has 0 spiro atoms. The normalized spacial score (nSPS) is 13.1. The number of hydrogen-bond acceptors (Lipinski definition) is 3. The van der Waals surface area contributed by atoms with E-state index in [-0.39, 0.29) is 24.0 Å². The molecule has 0 aliphatic carbocycles. The topological polar surface area (TPSA) is 81.1 Å². The van der Waals surface area contributed by atoms with Crippen molar-refractivity contribution in [3.63, 3.8) is 0 Å².